The fourth-order valence-electron chi connectivity index (χ4n) is 2.52. The summed E-state index contributed by atoms with van der Waals surface area (Å²) in [5.41, 5.74) is 4.99. The van der Waals surface area contributed by atoms with Crippen LogP contribution in [0.5, 0.6) is 5.75 Å². The number of nitrogens with one attached hydrogen (secondary N) is 1. The van der Waals surface area contributed by atoms with Gasteiger partial charge in [-0.25, -0.2) is 0 Å². The minimum Gasteiger partial charge on any atom is -0.492 e. The molecule has 1 unspecified atom stereocenters. The molecule has 0 saturated heterocycles. The van der Waals surface area contributed by atoms with E-state index in [1.54, 1.807) is 6.20 Å². The maximum atomic E-state index is 5.57. The Bertz CT molecular complexity index is 596. The molecule has 112 valence electrons. The second-order valence-electron chi connectivity index (χ2n) is 5.24. The minimum absolute atomic E-state index is 0.141. The summed E-state index contributed by atoms with van der Waals surface area (Å²) in [6, 6.07) is 8.79. The third-order valence-electron chi connectivity index (χ3n) is 3.53. The molecule has 0 fully saturated rings. The van der Waals surface area contributed by atoms with E-state index in [1.807, 2.05) is 13.1 Å². The SMILES string of the molecule is CCNC(c1cncc(OCC)c1)c1cc(C)ccc1C. The Morgan fingerprint density at radius 2 is 1.95 bits per heavy atom. The molecule has 2 rings (SSSR count). The predicted octanol–water partition coefficient (Wildman–Crippen LogP) is 3.80. The van der Waals surface area contributed by atoms with E-state index < -0.39 is 0 Å². The molecule has 3 heteroatoms. The first-order valence-electron chi connectivity index (χ1n) is 7.54. The van der Waals surface area contributed by atoms with Gasteiger partial charge in [0.25, 0.3) is 0 Å². The van der Waals surface area contributed by atoms with Gasteiger partial charge in [0, 0.05) is 6.20 Å². The number of ether oxygens (including phenoxy) is 1. The van der Waals surface area contributed by atoms with E-state index in [1.165, 1.54) is 16.7 Å². The number of benzene rings is 1. The van der Waals surface area contributed by atoms with Crippen LogP contribution >= 0.6 is 0 Å². The molecule has 0 spiro atoms. The van der Waals surface area contributed by atoms with Gasteiger partial charge >= 0.3 is 0 Å². The normalized spacial score (nSPS) is 12.2. The highest BCUT2D eigenvalue weighted by Crippen LogP contribution is 2.27. The number of aromatic nitrogens is 1. The van der Waals surface area contributed by atoms with Gasteiger partial charge in [0.05, 0.1) is 18.8 Å². The van der Waals surface area contributed by atoms with Crippen molar-refractivity contribution in [3.8, 4) is 5.75 Å². The summed E-state index contributed by atoms with van der Waals surface area (Å²) in [7, 11) is 0. The van der Waals surface area contributed by atoms with Crippen molar-refractivity contribution in [2.75, 3.05) is 13.2 Å². The zero-order chi connectivity index (χ0) is 15.2. The van der Waals surface area contributed by atoms with Crippen LogP contribution < -0.4 is 10.1 Å². The van der Waals surface area contributed by atoms with E-state index in [-0.39, 0.29) is 6.04 Å². The Kier molecular flexibility index (Phi) is 5.34. The average molecular weight is 284 g/mol. The first-order chi connectivity index (χ1) is 10.2. The topological polar surface area (TPSA) is 34.2 Å². The summed E-state index contributed by atoms with van der Waals surface area (Å²) >= 11 is 0. The standard InChI is InChI=1S/C18H24N2O/c1-5-20-18(17-9-13(3)7-8-14(17)4)15-10-16(21-6-2)12-19-11-15/h7-12,18,20H,5-6H2,1-4H3. The lowest BCUT2D eigenvalue weighted by Gasteiger charge is -2.21. The third kappa shape index (κ3) is 3.82. The molecule has 0 aliphatic rings. The van der Waals surface area contributed by atoms with Crippen LogP contribution in [0.15, 0.2) is 36.7 Å². The molecular formula is C18H24N2O. The van der Waals surface area contributed by atoms with Crippen LogP contribution in [0, 0.1) is 13.8 Å². The first-order valence-corrected chi connectivity index (χ1v) is 7.54. The van der Waals surface area contributed by atoms with Crippen molar-refractivity contribution in [3.05, 3.63) is 58.9 Å². The molecule has 0 aliphatic carbocycles. The summed E-state index contributed by atoms with van der Waals surface area (Å²) in [5.74, 6) is 0.822. The zero-order valence-electron chi connectivity index (χ0n) is 13.3. The van der Waals surface area contributed by atoms with Gasteiger partial charge in [0.2, 0.25) is 0 Å². The third-order valence-corrected chi connectivity index (χ3v) is 3.53. The number of nitrogens with zero attached hydrogens (tertiary/aromatic N) is 1. The van der Waals surface area contributed by atoms with Gasteiger partial charge in [-0.15, -0.1) is 0 Å². The predicted molar refractivity (Wildman–Crippen MR) is 86.8 cm³/mol. The van der Waals surface area contributed by atoms with Crippen LogP contribution in [0.25, 0.3) is 0 Å². The van der Waals surface area contributed by atoms with Crippen LogP contribution in [0.2, 0.25) is 0 Å². The van der Waals surface area contributed by atoms with Gasteiger partial charge in [-0.1, -0.05) is 30.7 Å². The second-order valence-corrected chi connectivity index (χ2v) is 5.24. The summed E-state index contributed by atoms with van der Waals surface area (Å²) in [6.07, 6.45) is 3.68. The molecule has 2 aromatic rings. The Balaban J connectivity index is 2.42. The summed E-state index contributed by atoms with van der Waals surface area (Å²) < 4.78 is 5.57. The molecule has 0 bridgehead atoms. The van der Waals surface area contributed by atoms with Crippen molar-refractivity contribution in [3.63, 3.8) is 0 Å². The van der Waals surface area contributed by atoms with Crippen molar-refractivity contribution in [2.45, 2.75) is 33.7 Å². The molecular weight excluding hydrogens is 260 g/mol. The van der Waals surface area contributed by atoms with Crippen molar-refractivity contribution in [1.29, 1.82) is 0 Å². The highest BCUT2D eigenvalue weighted by molar-refractivity contribution is 5.40. The highest BCUT2D eigenvalue weighted by Gasteiger charge is 2.16. The van der Waals surface area contributed by atoms with E-state index in [4.69, 9.17) is 4.74 Å². The fourth-order valence-corrected chi connectivity index (χ4v) is 2.52. The highest BCUT2D eigenvalue weighted by atomic mass is 16.5. The fraction of sp³-hybridized carbons (Fsp3) is 0.389. The van der Waals surface area contributed by atoms with E-state index in [0.29, 0.717) is 6.61 Å². The molecule has 0 radical (unpaired) electrons. The van der Waals surface area contributed by atoms with Crippen molar-refractivity contribution in [2.24, 2.45) is 0 Å². The Labute approximate surface area is 127 Å². The van der Waals surface area contributed by atoms with Gasteiger partial charge in [0.1, 0.15) is 5.75 Å². The largest absolute Gasteiger partial charge is 0.492 e. The Hall–Kier alpha value is -1.87. The van der Waals surface area contributed by atoms with Crippen LogP contribution in [0.1, 0.15) is 42.1 Å². The van der Waals surface area contributed by atoms with Gasteiger partial charge in [-0.05, 0) is 50.1 Å². The monoisotopic (exact) mass is 284 g/mol. The second kappa shape index (κ2) is 7.23. The molecule has 0 amide bonds. The van der Waals surface area contributed by atoms with Gasteiger partial charge in [0.15, 0.2) is 0 Å². The van der Waals surface area contributed by atoms with Crippen LogP contribution in [0.4, 0.5) is 0 Å². The molecule has 1 atom stereocenters. The molecule has 21 heavy (non-hydrogen) atoms. The molecule has 0 aliphatic heterocycles. The van der Waals surface area contributed by atoms with E-state index in [0.717, 1.165) is 17.9 Å². The summed E-state index contributed by atoms with van der Waals surface area (Å²) in [5, 5.41) is 3.56. The van der Waals surface area contributed by atoms with Gasteiger partial charge in [-0.2, -0.15) is 0 Å². The van der Waals surface area contributed by atoms with Gasteiger partial charge in [-0.3, -0.25) is 4.98 Å². The number of hydrogen-bond donors (Lipinski definition) is 1. The summed E-state index contributed by atoms with van der Waals surface area (Å²) in [6.45, 7) is 9.94. The van der Waals surface area contributed by atoms with Crippen molar-refractivity contribution >= 4 is 0 Å². The lowest BCUT2D eigenvalue weighted by molar-refractivity contribution is 0.338. The Morgan fingerprint density at radius 3 is 2.67 bits per heavy atom. The Morgan fingerprint density at radius 1 is 1.14 bits per heavy atom. The molecule has 3 nitrogen and oxygen atoms in total. The number of aryl methyl sites for hydroxylation is 2. The first kappa shape index (κ1) is 15.5. The lowest BCUT2D eigenvalue weighted by Crippen LogP contribution is -2.23. The molecule has 0 saturated carbocycles. The quantitative estimate of drug-likeness (QED) is 0.876. The number of hydrogen-bond acceptors (Lipinski definition) is 3. The minimum atomic E-state index is 0.141. The number of rotatable bonds is 6. The average Bonchev–Trinajstić information content (AvgIpc) is 2.48. The van der Waals surface area contributed by atoms with Crippen LogP contribution in [-0.4, -0.2) is 18.1 Å². The zero-order valence-corrected chi connectivity index (χ0v) is 13.3. The maximum Gasteiger partial charge on any atom is 0.137 e. The lowest BCUT2D eigenvalue weighted by atomic mass is 9.94. The molecule has 1 aromatic carbocycles. The smallest absolute Gasteiger partial charge is 0.137 e. The van der Waals surface area contributed by atoms with E-state index in [2.05, 4.69) is 55.3 Å². The van der Waals surface area contributed by atoms with E-state index in [9.17, 15) is 0 Å². The van der Waals surface area contributed by atoms with Crippen molar-refractivity contribution in [1.82, 2.24) is 10.3 Å². The molecule has 1 N–H and O–H groups in total. The maximum absolute atomic E-state index is 5.57. The molecule has 1 aromatic heterocycles. The van der Waals surface area contributed by atoms with Crippen molar-refractivity contribution < 1.29 is 4.74 Å². The van der Waals surface area contributed by atoms with E-state index >= 15 is 0 Å². The summed E-state index contributed by atoms with van der Waals surface area (Å²) in [4.78, 5) is 4.32. The number of pyridine rings is 1. The van der Waals surface area contributed by atoms with Gasteiger partial charge < -0.3 is 10.1 Å². The molecule has 1 heterocycles. The van der Waals surface area contributed by atoms with Crippen LogP contribution in [0.3, 0.4) is 0 Å². The van der Waals surface area contributed by atoms with Crippen LogP contribution in [-0.2, 0) is 0 Å².